The first-order chi connectivity index (χ1) is 15.4. The van der Waals surface area contributed by atoms with Gasteiger partial charge in [-0.25, -0.2) is 0 Å². The monoisotopic (exact) mass is 712 g/mol. The molecule has 0 aromatic rings. The zero-order chi connectivity index (χ0) is 23.8. The first-order valence-corrected chi connectivity index (χ1v) is 14.4. The fourth-order valence-electron chi connectivity index (χ4n) is 10.7. The SMILES string of the molecule is CC(O)[C@H]1[C@H](C[N+](C)(C)C)C[C@H]2[C@@H]3CC=C4C[C@@H]([N+]5(C)CCCC5)CC[C@]4(C)[C@H]3CC[C@@]21C.[I-].[I-]. The van der Waals surface area contributed by atoms with E-state index in [1.807, 2.05) is 5.57 Å². The normalized spacial score (nSPS) is 45.2. The molecule has 35 heavy (non-hydrogen) atoms. The molecule has 1 saturated heterocycles. The molecule has 1 unspecified atom stereocenters. The molecule has 0 radical (unpaired) electrons. The lowest BCUT2D eigenvalue weighted by atomic mass is 9.47. The van der Waals surface area contributed by atoms with Crippen molar-refractivity contribution in [1.82, 2.24) is 0 Å². The summed E-state index contributed by atoms with van der Waals surface area (Å²) in [4.78, 5) is 0. The Kier molecular flexibility index (Phi) is 9.25. The number of aliphatic hydroxyl groups excluding tert-OH is 1. The zero-order valence-electron chi connectivity index (χ0n) is 23.7. The fraction of sp³-hybridized carbons (Fsp3) is 0.933. The van der Waals surface area contributed by atoms with Crippen LogP contribution in [0.3, 0.4) is 0 Å². The maximum atomic E-state index is 11.0. The molecule has 0 spiro atoms. The smallest absolute Gasteiger partial charge is 0.0926 e. The second kappa shape index (κ2) is 10.6. The summed E-state index contributed by atoms with van der Waals surface area (Å²) in [6, 6.07) is 0.872. The first kappa shape index (κ1) is 30.6. The number of hydrogen-bond donors (Lipinski definition) is 1. The molecule has 4 fully saturated rings. The van der Waals surface area contributed by atoms with E-state index in [1.54, 1.807) is 0 Å². The van der Waals surface area contributed by atoms with Gasteiger partial charge >= 0.3 is 0 Å². The molecule has 9 atom stereocenters. The summed E-state index contributed by atoms with van der Waals surface area (Å²) in [6.45, 7) is 11.4. The Balaban J connectivity index is 0.00000171. The Hall–Kier alpha value is 1.08. The summed E-state index contributed by atoms with van der Waals surface area (Å²) in [6.07, 6.45) is 15.1. The Morgan fingerprint density at radius 3 is 2.31 bits per heavy atom. The van der Waals surface area contributed by atoms with Crippen LogP contribution in [0, 0.1) is 40.4 Å². The molecule has 204 valence electrons. The Morgan fingerprint density at radius 1 is 1.06 bits per heavy atom. The number of fused-ring (bicyclic) bond motifs is 5. The van der Waals surface area contributed by atoms with E-state index < -0.39 is 0 Å². The molecule has 0 aromatic heterocycles. The molecule has 5 heteroatoms. The summed E-state index contributed by atoms with van der Waals surface area (Å²) in [5.74, 6) is 3.63. The van der Waals surface area contributed by atoms with Crippen LogP contribution in [0.25, 0.3) is 0 Å². The third-order valence-corrected chi connectivity index (χ3v) is 12.1. The van der Waals surface area contributed by atoms with Crippen molar-refractivity contribution in [3.63, 3.8) is 0 Å². The van der Waals surface area contributed by atoms with E-state index in [1.165, 1.54) is 81.9 Å². The van der Waals surface area contributed by atoms with Gasteiger partial charge in [-0.05, 0) is 73.5 Å². The van der Waals surface area contributed by atoms with Crippen LogP contribution < -0.4 is 48.0 Å². The van der Waals surface area contributed by atoms with Crippen LogP contribution in [0.2, 0.25) is 0 Å². The average Bonchev–Trinajstić information content (AvgIpc) is 3.27. The van der Waals surface area contributed by atoms with Gasteiger partial charge < -0.3 is 62.0 Å². The van der Waals surface area contributed by atoms with E-state index >= 15 is 0 Å². The average molecular weight is 713 g/mol. The molecule has 3 nitrogen and oxygen atoms in total. The van der Waals surface area contributed by atoms with Gasteiger partial charge in [0, 0.05) is 31.6 Å². The summed E-state index contributed by atoms with van der Waals surface area (Å²) >= 11 is 0. The van der Waals surface area contributed by atoms with Crippen molar-refractivity contribution < 1.29 is 62.0 Å². The van der Waals surface area contributed by atoms with E-state index in [0.29, 0.717) is 22.7 Å². The van der Waals surface area contributed by atoms with Crippen LogP contribution >= 0.6 is 0 Å². The second-order valence-electron chi connectivity index (χ2n) is 15.1. The van der Waals surface area contributed by atoms with Gasteiger partial charge in [0.25, 0.3) is 0 Å². The van der Waals surface area contributed by atoms with Crippen molar-refractivity contribution in [2.24, 2.45) is 40.4 Å². The van der Waals surface area contributed by atoms with E-state index in [0.717, 1.165) is 28.3 Å². The lowest BCUT2D eigenvalue weighted by Gasteiger charge is -2.59. The van der Waals surface area contributed by atoms with Crippen molar-refractivity contribution >= 4 is 0 Å². The summed E-state index contributed by atoms with van der Waals surface area (Å²) in [7, 11) is 9.57. The highest BCUT2D eigenvalue weighted by atomic mass is 127. The molecule has 4 aliphatic carbocycles. The minimum Gasteiger partial charge on any atom is -1.00 e. The highest BCUT2D eigenvalue weighted by Gasteiger charge is 2.62. The van der Waals surface area contributed by atoms with Gasteiger partial charge in [-0.3, -0.25) is 0 Å². The lowest BCUT2D eigenvalue weighted by molar-refractivity contribution is -0.923. The summed E-state index contributed by atoms with van der Waals surface area (Å²) in [5, 5.41) is 11.0. The van der Waals surface area contributed by atoms with E-state index in [4.69, 9.17) is 0 Å². The molecule has 5 aliphatic rings. The topological polar surface area (TPSA) is 20.2 Å². The molecular weight excluding hydrogens is 658 g/mol. The Labute approximate surface area is 251 Å². The predicted octanol–water partition coefficient (Wildman–Crippen LogP) is -0.504. The maximum Gasteiger partial charge on any atom is 0.0926 e. The van der Waals surface area contributed by atoms with E-state index in [2.05, 4.69) is 55.0 Å². The van der Waals surface area contributed by atoms with Crippen LogP contribution in [-0.4, -0.2) is 74.0 Å². The third-order valence-electron chi connectivity index (χ3n) is 12.1. The molecule has 0 amide bonds. The molecule has 0 bridgehead atoms. The van der Waals surface area contributed by atoms with Crippen LogP contribution in [0.4, 0.5) is 0 Å². The standard InChI is InChI=1S/C30H54N2O.2HI/c1-21(33)28-22(20-31(4,5)6)18-27-25-11-10-23-19-24(32(7)16-8-9-17-32)12-14-29(23,2)26(25)13-15-30(27,28)3;;/h10,21-22,24-28,33H,8-9,11-20H2,1-7H3;2*1H/q+2;;/p-2/t21?,22-,24-,25+,26-,27-,28-,29-,30-;;/m0../s1. The number of aliphatic hydroxyl groups is 1. The summed E-state index contributed by atoms with van der Waals surface area (Å²) in [5.41, 5.74) is 2.61. The van der Waals surface area contributed by atoms with E-state index in [9.17, 15) is 5.11 Å². The molecule has 1 N–H and O–H groups in total. The number of likely N-dealkylation sites (tertiary alicyclic amines) is 1. The van der Waals surface area contributed by atoms with Crippen molar-refractivity contribution in [1.29, 1.82) is 0 Å². The highest BCUT2D eigenvalue weighted by Crippen LogP contribution is 2.68. The zero-order valence-corrected chi connectivity index (χ0v) is 28.0. The van der Waals surface area contributed by atoms with Crippen LogP contribution in [-0.2, 0) is 0 Å². The number of rotatable bonds is 4. The highest BCUT2D eigenvalue weighted by molar-refractivity contribution is 5.26. The quantitative estimate of drug-likeness (QED) is 0.237. The molecule has 3 saturated carbocycles. The van der Waals surface area contributed by atoms with Crippen LogP contribution in [0.1, 0.15) is 78.6 Å². The van der Waals surface area contributed by atoms with E-state index in [-0.39, 0.29) is 54.1 Å². The minimum absolute atomic E-state index is 0. The van der Waals surface area contributed by atoms with Gasteiger partial charge in [0.15, 0.2) is 0 Å². The van der Waals surface area contributed by atoms with Crippen molar-refractivity contribution in [2.75, 3.05) is 47.8 Å². The first-order valence-electron chi connectivity index (χ1n) is 14.4. The van der Waals surface area contributed by atoms with Gasteiger partial charge in [0.05, 0.1) is 60.0 Å². The Bertz CT molecular complexity index is 786. The third kappa shape index (κ3) is 5.18. The van der Waals surface area contributed by atoms with Crippen molar-refractivity contribution in [2.45, 2.75) is 90.7 Å². The number of hydrogen-bond acceptors (Lipinski definition) is 1. The number of quaternary nitrogens is 2. The predicted molar refractivity (Wildman–Crippen MR) is 138 cm³/mol. The van der Waals surface area contributed by atoms with Crippen molar-refractivity contribution in [3.8, 4) is 0 Å². The lowest BCUT2D eigenvalue weighted by Crippen LogP contribution is -3.00. The second-order valence-corrected chi connectivity index (χ2v) is 15.1. The Morgan fingerprint density at radius 2 is 1.71 bits per heavy atom. The van der Waals surface area contributed by atoms with Gasteiger partial charge in [-0.2, -0.15) is 0 Å². The van der Waals surface area contributed by atoms with Crippen LogP contribution in [0.15, 0.2) is 11.6 Å². The molecule has 0 aromatic carbocycles. The van der Waals surface area contributed by atoms with Gasteiger partial charge in [0.1, 0.15) is 0 Å². The van der Waals surface area contributed by atoms with Gasteiger partial charge in [0.2, 0.25) is 0 Å². The minimum atomic E-state index is -0.182. The maximum absolute atomic E-state index is 11.0. The fourth-order valence-corrected chi connectivity index (χ4v) is 10.7. The molecule has 5 rings (SSSR count). The van der Waals surface area contributed by atoms with Crippen LogP contribution in [0.5, 0.6) is 0 Å². The molecule has 1 aliphatic heterocycles. The number of nitrogens with zero attached hydrogens (tertiary/aromatic N) is 2. The molecule has 1 heterocycles. The van der Waals surface area contributed by atoms with Gasteiger partial charge in [-0.1, -0.05) is 25.5 Å². The molecular formula is C30H54I2N2O. The van der Waals surface area contributed by atoms with Gasteiger partial charge in [-0.15, -0.1) is 0 Å². The largest absolute Gasteiger partial charge is 1.00 e. The summed E-state index contributed by atoms with van der Waals surface area (Å²) < 4.78 is 2.37. The number of allylic oxidation sites excluding steroid dienone is 1. The number of halogens is 2. The van der Waals surface area contributed by atoms with Crippen molar-refractivity contribution in [3.05, 3.63) is 11.6 Å².